The summed E-state index contributed by atoms with van der Waals surface area (Å²) < 4.78 is 1.79. The highest BCUT2D eigenvalue weighted by atomic mass is 15.3. The lowest BCUT2D eigenvalue weighted by atomic mass is 10.2. The summed E-state index contributed by atoms with van der Waals surface area (Å²) in [4.78, 5) is 8.05. The van der Waals surface area contributed by atoms with Gasteiger partial charge in [-0.05, 0) is 6.92 Å². The Morgan fingerprint density at radius 2 is 2.19 bits per heavy atom. The van der Waals surface area contributed by atoms with Gasteiger partial charge in [0.15, 0.2) is 0 Å². The van der Waals surface area contributed by atoms with Crippen LogP contribution in [0.3, 0.4) is 0 Å². The van der Waals surface area contributed by atoms with Crippen molar-refractivity contribution in [2.45, 2.75) is 13.5 Å². The summed E-state index contributed by atoms with van der Waals surface area (Å²) >= 11 is 0. The second-order valence-corrected chi connectivity index (χ2v) is 3.59. The predicted octanol–water partition coefficient (Wildman–Crippen LogP) is 0.713. The van der Waals surface area contributed by atoms with E-state index in [2.05, 4.69) is 20.4 Å². The highest BCUT2D eigenvalue weighted by Gasteiger charge is 2.02. The minimum absolute atomic E-state index is 0.420. The van der Waals surface area contributed by atoms with Crippen LogP contribution in [0.1, 0.15) is 11.3 Å². The first kappa shape index (κ1) is 10.4. The molecule has 3 N–H and O–H groups in total. The van der Waals surface area contributed by atoms with Gasteiger partial charge in [-0.1, -0.05) is 0 Å². The molecule has 16 heavy (non-hydrogen) atoms. The lowest BCUT2D eigenvalue weighted by Crippen LogP contribution is -2.03. The maximum absolute atomic E-state index is 5.45. The molecule has 0 aromatic carbocycles. The van der Waals surface area contributed by atoms with Gasteiger partial charge in [-0.25, -0.2) is 9.97 Å². The number of nitrogens with zero attached hydrogens (tertiary/aromatic N) is 4. The van der Waals surface area contributed by atoms with Gasteiger partial charge in [-0.2, -0.15) is 5.10 Å². The summed E-state index contributed by atoms with van der Waals surface area (Å²) in [7, 11) is 1.90. The summed E-state index contributed by atoms with van der Waals surface area (Å²) in [5, 5.41) is 7.42. The molecule has 6 nitrogen and oxygen atoms in total. The van der Waals surface area contributed by atoms with Crippen LogP contribution in [0.15, 0.2) is 18.6 Å². The van der Waals surface area contributed by atoms with E-state index in [1.54, 1.807) is 10.9 Å². The summed E-state index contributed by atoms with van der Waals surface area (Å²) in [6.45, 7) is 2.66. The number of nitrogens with two attached hydrogens (primary N) is 1. The number of aryl methyl sites for hydroxylation is 2. The molecule has 84 valence electrons. The molecule has 0 bridgehead atoms. The lowest BCUT2D eigenvalue weighted by molar-refractivity contribution is 0.756. The third-order valence-electron chi connectivity index (χ3n) is 2.25. The largest absolute Gasteiger partial charge is 0.382 e. The van der Waals surface area contributed by atoms with E-state index in [4.69, 9.17) is 5.73 Å². The SMILES string of the molecule is Cc1nn(C)cc1CNc1cnc(N)cn1. The number of hydrogen-bond acceptors (Lipinski definition) is 5. The molecule has 0 saturated heterocycles. The maximum Gasteiger partial charge on any atom is 0.144 e. The van der Waals surface area contributed by atoms with E-state index in [0.29, 0.717) is 18.2 Å². The van der Waals surface area contributed by atoms with E-state index in [0.717, 1.165) is 11.3 Å². The minimum atomic E-state index is 0.420. The van der Waals surface area contributed by atoms with Crippen LogP contribution < -0.4 is 11.1 Å². The predicted molar refractivity (Wildman–Crippen MR) is 61.7 cm³/mol. The topological polar surface area (TPSA) is 81.7 Å². The van der Waals surface area contributed by atoms with Crippen LogP contribution in [0.25, 0.3) is 0 Å². The van der Waals surface area contributed by atoms with Crippen LogP contribution in [0.5, 0.6) is 0 Å². The third-order valence-corrected chi connectivity index (χ3v) is 2.25. The average Bonchev–Trinajstić information content (AvgIpc) is 2.57. The van der Waals surface area contributed by atoms with Crippen molar-refractivity contribution in [1.82, 2.24) is 19.7 Å². The molecular weight excluding hydrogens is 204 g/mol. The van der Waals surface area contributed by atoms with Gasteiger partial charge < -0.3 is 11.1 Å². The quantitative estimate of drug-likeness (QED) is 0.793. The second-order valence-electron chi connectivity index (χ2n) is 3.59. The maximum atomic E-state index is 5.45. The summed E-state index contributed by atoms with van der Waals surface area (Å²) in [5.41, 5.74) is 7.60. The number of nitrogens with one attached hydrogen (secondary N) is 1. The van der Waals surface area contributed by atoms with Crippen molar-refractivity contribution >= 4 is 11.6 Å². The smallest absolute Gasteiger partial charge is 0.144 e. The Labute approximate surface area is 93.5 Å². The van der Waals surface area contributed by atoms with Crippen LogP contribution >= 0.6 is 0 Å². The molecule has 2 heterocycles. The molecule has 0 atom stereocenters. The molecule has 2 aromatic heterocycles. The Morgan fingerprint density at radius 3 is 2.75 bits per heavy atom. The van der Waals surface area contributed by atoms with Crippen LogP contribution in [-0.4, -0.2) is 19.7 Å². The van der Waals surface area contributed by atoms with Crippen molar-refractivity contribution < 1.29 is 0 Å². The molecule has 0 unspecified atom stereocenters. The summed E-state index contributed by atoms with van der Waals surface area (Å²) in [6, 6.07) is 0. The molecule has 6 heteroatoms. The Bertz CT molecular complexity index is 473. The lowest BCUT2D eigenvalue weighted by Gasteiger charge is -2.03. The first-order chi connectivity index (χ1) is 7.65. The van der Waals surface area contributed by atoms with Gasteiger partial charge in [0.25, 0.3) is 0 Å². The van der Waals surface area contributed by atoms with Crippen molar-refractivity contribution in [3.63, 3.8) is 0 Å². The molecule has 0 aliphatic heterocycles. The zero-order chi connectivity index (χ0) is 11.5. The van der Waals surface area contributed by atoms with Crippen molar-refractivity contribution in [1.29, 1.82) is 0 Å². The van der Waals surface area contributed by atoms with Crippen molar-refractivity contribution in [2.75, 3.05) is 11.1 Å². The number of anilines is 2. The fraction of sp³-hybridized carbons (Fsp3) is 0.300. The minimum Gasteiger partial charge on any atom is -0.382 e. The normalized spacial score (nSPS) is 10.4. The fourth-order valence-corrected chi connectivity index (χ4v) is 1.44. The molecule has 0 amide bonds. The van der Waals surface area contributed by atoms with Crippen molar-refractivity contribution in [3.8, 4) is 0 Å². The third kappa shape index (κ3) is 2.28. The van der Waals surface area contributed by atoms with Crippen molar-refractivity contribution in [3.05, 3.63) is 29.8 Å². The van der Waals surface area contributed by atoms with Crippen LogP contribution in [0.2, 0.25) is 0 Å². The van der Waals surface area contributed by atoms with Gasteiger partial charge in [0, 0.05) is 25.4 Å². The first-order valence-electron chi connectivity index (χ1n) is 4.95. The standard InChI is InChI=1S/C10H14N6/c1-7-8(6-16(2)15-7)3-13-10-5-12-9(11)4-14-10/h4-6H,3H2,1-2H3,(H2,11,12)(H,13,14). The van der Waals surface area contributed by atoms with Gasteiger partial charge in [0.2, 0.25) is 0 Å². The molecule has 0 fully saturated rings. The van der Waals surface area contributed by atoms with E-state index in [1.807, 2.05) is 20.2 Å². The van der Waals surface area contributed by atoms with Gasteiger partial charge in [-0.3, -0.25) is 4.68 Å². The molecule has 0 saturated carbocycles. The highest BCUT2D eigenvalue weighted by molar-refractivity contribution is 5.37. The molecule has 0 aliphatic rings. The van der Waals surface area contributed by atoms with E-state index in [-0.39, 0.29) is 0 Å². The Balaban J connectivity index is 2.02. The van der Waals surface area contributed by atoms with Crippen LogP contribution in [-0.2, 0) is 13.6 Å². The Kier molecular flexibility index (Phi) is 2.72. The average molecular weight is 218 g/mol. The zero-order valence-electron chi connectivity index (χ0n) is 9.31. The number of hydrogen-bond donors (Lipinski definition) is 2. The molecule has 2 aromatic rings. The molecular formula is C10H14N6. The summed E-state index contributed by atoms with van der Waals surface area (Å²) in [6.07, 6.45) is 5.12. The van der Waals surface area contributed by atoms with Gasteiger partial charge in [0.1, 0.15) is 11.6 Å². The van der Waals surface area contributed by atoms with Gasteiger partial charge in [-0.15, -0.1) is 0 Å². The Morgan fingerprint density at radius 1 is 1.38 bits per heavy atom. The fourth-order valence-electron chi connectivity index (χ4n) is 1.44. The first-order valence-corrected chi connectivity index (χ1v) is 4.95. The number of rotatable bonds is 3. The molecule has 0 spiro atoms. The molecule has 0 aliphatic carbocycles. The van der Waals surface area contributed by atoms with Gasteiger partial charge >= 0.3 is 0 Å². The van der Waals surface area contributed by atoms with Crippen LogP contribution in [0, 0.1) is 6.92 Å². The van der Waals surface area contributed by atoms with Crippen molar-refractivity contribution in [2.24, 2.45) is 7.05 Å². The van der Waals surface area contributed by atoms with Crippen LogP contribution in [0.4, 0.5) is 11.6 Å². The number of nitrogen functional groups attached to an aromatic ring is 1. The second kappa shape index (κ2) is 4.18. The summed E-state index contributed by atoms with van der Waals surface area (Å²) in [5.74, 6) is 1.13. The monoisotopic (exact) mass is 218 g/mol. The highest BCUT2D eigenvalue weighted by Crippen LogP contribution is 2.08. The Hall–Kier alpha value is -2.11. The van der Waals surface area contributed by atoms with E-state index in [9.17, 15) is 0 Å². The molecule has 2 rings (SSSR count). The van der Waals surface area contributed by atoms with Gasteiger partial charge in [0.05, 0.1) is 18.1 Å². The van der Waals surface area contributed by atoms with E-state index >= 15 is 0 Å². The number of aromatic nitrogens is 4. The van der Waals surface area contributed by atoms with E-state index < -0.39 is 0 Å². The zero-order valence-corrected chi connectivity index (χ0v) is 9.31. The molecule has 0 radical (unpaired) electrons. The van der Waals surface area contributed by atoms with E-state index in [1.165, 1.54) is 6.20 Å².